The summed E-state index contributed by atoms with van der Waals surface area (Å²) >= 11 is 4.96. The minimum Gasteiger partial charge on any atom is -0.394 e. The van der Waals surface area contributed by atoms with Crippen LogP contribution in [0.25, 0.3) is 0 Å². The topological polar surface area (TPSA) is 44.1 Å². The molecule has 0 aromatic carbocycles. The Morgan fingerprint density at radius 2 is 2.45 bits per heavy atom. The van der Waals surface area contributed by atoms with Crippen LogP contribution in [-0.2, 0) is 7.05 Å². The van der Waals surface area contributed by atoms with Crippen molar-refractivity contribution in [3.63, 3.8) is 0 Å². The van der Waals surface area contributed by atoms with E-state index in [-0.39, 0.29) is 5.88 Å². The Bertz CT molecular complexity index is 263. The number of rotatable bonds is 1. The molecule has 0 amide bonds. The molecule has 0 aliphatic carbocycles. The zero-order valence-corrected chi connectivity index (χ0v) is 6.92. The largest absolute Gasteiger partial charge is 0.410 e. The molecule has 0 saturated carbocycles. The number of hydrogen-bond acceptors (Lipinski definition) is 3. The molecule has 0 saturated heterocycles. The summed E-state index contributed by atoms with van der Waals surface area (Å²) in [6.45, 7) is 1.85. The summed E-state index contributed by atoms with van der Waals surface area (Å²) in [5.41, 5.74) is 0.0287. The molecule has 1 rings (SSSR count). The molecule has 0 unspecified atom stereocenters. The normalized spacial score (nSPS) is 9.73. The van der Waals surface area contributed by atoms with Crippen molar-refractivity contribution in [2.24, 2.45) is 7.05 Å². The van der Waals surface area contributed by atoms with Gasteiger partial charge < -0.3 is 4.74 Å². The van der Waals surface area contributed by atoms with Crippen LogP contribution in [0.1, 0.15) is 5.69 Å². The zero-order chi connectivity index (χ0) is 8.43. The van der Waals surface area contributed by atoms with Crippen LogP contribution < -0.4 is 4.74 Å². The van der Waals surface area contributed by atoms with Gasteiger partial charge in [0.1, 0.15) is 0 Å². The first kappa shape index (κ1) is 8.07. The van der Waals surface area contributed by atoms with Gasteiger partial charge in [-0.15, -0.1) is 5.10 Å². The summed E-state index contributed by atoms with van der Waals surface area (Å²) in [7, 11) is 1.75. The average molecular weight is 175 g/mol. The summed E-state index contributed by atoms with van der Waals surface area (Å²) in [5, 5.41) is 3.84. The molecule has 60 valence electrons. The van der Waals surface area contributed by atoms with Crippen LogP contribution in [0, 0.1) is 6.92 Å². The van der Waals surface area contributed by atoms with Crippen molar-refractivity contribution in [1.29, 1.82) is 0 Å². The predicted octanol–water partition coefficient (Wildman–Crippen LogP) is 1.47. The fourth-order valence-corrected chi connectivity index (χ4v) is 0.739. The molecule has 1 aromatic heterocycles. The predicted molar refractivity (Wildman–Crippen MR) is 39.8 cm³/mol. The van der Waals surface area contributed by atoms with E-state index in [4.69, 9.17) is 11.6 Å². The van der Waals surface area contributed by atoms with Crippen LogP contribution in [-0.4, -0.2) is 15.2 Å². The van der Waals surface area contributed by atoms with Crippen LogP contribution in [0.3, 0.4) is 0 Å². The van der Waals surface area contributed by atoms with Crippen molar-refractivity contribution in [3.05, 3.63) is 11.8 Å². The maximum Gasteiger partial charge on any atom is 0.410 e. The highest BCUT2D eigenvalue weighted by molar-refractivity contribution is 6.61. The minimum atomic E-state index is -0.872. The van der Waals surface area contributed by atoms with E-state index in [2.05, 4.69) is 9.84 Å². The number of carbonyl (C=O) groups is 1. The molecular weight excluding hydrogens is 168 g/mol. The van der Waals surface area contributed by atoms with Crippen LogP contribution in [0.15, 0.2) is 6.07 Å². The molecule has 1 heterocycles. The molecular formula is C6H7ClN2O2. The summed E-state index contributed by atoms with van der Waals surface area (Å²) in [6, 6.07) is 1.63. The Labute approximate surface area is 68.7 Å². The van der Waals surface area contributed by atoms with Gasteiger partial charge in [0.05, 0.1) is 0 Å². The van der Waals surface area contributed by atoms with E-state index in [0.29, 0.717) is 0 Å². The van der Waals surface area contributed by atoms with Gasteiger partial charge in [0.25, 0.3) is 0 Å². The van der Waals surface area contributed by atoms with E-state index in [0.717, 1.165) is 5.69 Å². The lowest BCUT2D eigenvalue weighted by Crippen LogP contribution is -1.98. The summed E-state index contributed by atoms with van der Waals surface area (Å²) in [6.07, 6.45) is 0. The van der Waals surface area contributed by atoms with E-state index in [1.54, 1.807) is 17.8 Å². The maximum atomic E-state index is 10.2. The molecule has 0 fully saturated rings. The van der Waals surface area contributed by atoms with E-state index in [1.807, 2.05) is 6.92 Å². The molecule has 0 bridgehead atoms. The highest BCUT2D eigenvalue weighted by Gasteiger charge is 2.04. The van der Waals surface area contributed by atoms with E-state index in [9.17, 15) is 4.79 Å². The molecule has 0 N–H and O–H groups in total. The van der Waals surface area contributed by atoms with Crippen molar-refractivity contribution in [2.75, 3.05) is 0 Å². The van der Waals surface area contributed by atoms with E-state index < -0.39 is 5.43 Å². The average Bonchev–Trinajstić information content (AvgIpc) is 2.10. The second-order valence-electron chi connectivity index (χ2n) is 2.09. The quantitative estimate of drug-likeness (QED) is 0.606. The first-order valence-corrected chi connectivity index (χ1v) is 3.35. The molecule has 5 heteroatoms. The Kier molecular flexibility index (Phi) is 2.14. The van der Waals surface area contributed by atoms with Gasteiger partial charge in [0.15, 0.2) is 0 Å². The number of ether oxygens (including phenoxy) is 1. The van der Waals surface area contributed by atoms with E-state index in [1.165, 1.54) is 0 Å². The van der Waals surface area contributed by atoms with Gasteiger partial charge in [-0.1, -0.05) is 0 Å². The van der Waals surface area contributed by atoms with E-state index >= 15 is 0 Å². The third kappa shape index (κ3) is 1.94. The minimum absolute atomic E-state index is 0.227. The third-order valence-electron chi connectivity index (χ3n) is 1.28. The van der Waals surface area contributed by atoms with Crippen molar-refractivity contribution >= 4 is 17.0 Å². The highest BCUT2D eigenvalue weighted by atomic mass is 35.5. The fraction of sp³-hybridized carbons (Fsp3) is 0.333. The molecule has 0 aliphatic heterocycles. The van der Waals surface area contributed by atoms with Crippen LogP contribution in [0.2, 0.25) is 0 Å². The monoisotopic (exact) mass is 174 g/mol. The number of carbonyl (C=O) groups excluding carboxylic acids is 1. The summed E-state index contributed by atoms with van der Waals surface area (Å²) in [4.78, 5) is 10.2. The van der Waals surface area contributed by atoms with Crippen molar-refractivity contribution in [2.45, 2.75) is 6.92 Å². The third-order valence-corrected chi connectivity index (χ3v) is 1.35. The summed E-state index contributed by atoms with van der Waals surface area (Å²) < 4.78 is 6.10. The van der Waals surface area contributed by atoms with Gasteiger partial charge in [0.2, 0.25) is 5.88 Å². The van der Waals surface area contributed by atoms with Crippen LogP contribution >= 0.6 is 11.6 Å². The Balaban J connectivity index is 2.81. The van der Waals surface area contributed by atoms with Crippen molar-refractivity contribution in [3.8, 4) is 5.88 Å². The van der Waals surface area contributed by atoms with Gasteiger partial charge >= 0.3 is 5.43 Å². The lowest BCUT2D eigenvalue weighted by Gasteiger charge is -1.90. The molecule has 11 heavy (non-hydrogen) atoms. The number of halogens is 1. The summed E-state index contributed by atoms with van der Waals surface area (Å²) in [5.74, 6) is 0.227. The van der Waals surface area contributed by atoms with Gasteiger partial charge in [-0.3, -0.25) is 4.68 Å². The molecule has 4 nitrogen and oxygen atoms in total. The highest BCUT2D eigenvalue weighted by Crippen LogP contribution is 2.10. The molecule has 0 aliphatic rings. The van der Waals surface area contributed by atoms with Crippen molar-refractivity contribution < 1.29 is 9.53 Å². The van der Waals surface area contributed by atoms with Crippen LogP contribution in [0.4, 0.5) is 4.79 Å². The Morgan fingerprint density at radius 3 is 2.82 bits per heavy atom. The lowest BCUT2D eigenvalue weighted by molar-refractivity contribution is 0.223. The first-order valence-electron chi connectivity index (χ1n) is 2.97. The van der Waals surface area contributed by atoms with Crippen LogP contribution in [0.5, 0.6) is 5.88 Å². The number of aryl methyl sites for hydroxylation is 2. The lowest BCUT2D eigenvalue weighted by atomic mass is 10.5. The molecule has 0 radical (unpaired) electrons. The molecule has 0 spiro atoms. The standard InChI is InChI=1S/C6H7ClN2O2/c1-4-3-5(8-9(4)2)11-6(7)10/h3H,1-2H3. The fourth-order valence-electron chi connectivity index (χ4n) is 0.660. The van der Waals surface area contributed by atoms with Gasteiger partial charge in [-0.05, 0) is 6.92 Å². The second-order valence-corrected chi connectivity index (χ2v) is 2.40. The Hall–Kier alpha value is -1.03. The maximum absolute atomic E-state index is 10.2. The number of hydrogen-bond donors (Lipinski definition) is 0. The smallest absolute Gasteiger partial charge is 0.394 e. The molecule has 0 atom stereocenters. The molecule has 1 aromatic rings. The first-order chi connectivity index (χ1) is 5.09. The number of nitrogens with zero attached hydrogens (tertiary/aromatic N) is 2. The zero-order valence-electron chi connectivity index (χ0n) is 6.17. The van der Waals surface area contributed by atoms with Crippen molar-refractivity contribution in [1.82, 2.24) is 9.78 Å². The van der Waals surface area contributed by atoms with Gasteiger partial charge in [0, 0.05) is 30.4 Å². The second kappa shape index (κ2) is 2.92. The number of aromatic nitrogens is 2. The van der Waals surface area contributed by atoms with Gasteiger partial charge in [-0.2, -0.15) is 0 Å². The van der Waals surface area contributed by atoms with Gasteiger partial charge in [-0.25, -0.2) is 4.79 Å². The SMILES string of the molecule is Cc1cc(OC(=O)Cl)nn1C. The Morgan fingerprint density at radius 1 is 1.82 bits per heavy atom.